The van der Waals surface area contributed by atoms with Gasteiger partial charge in [-0.15, -0.1) is 0 Å². The molecule has 1 N–H and O–H groups in total. The fourth-order valence-electron chi connectivity index (χ4n) is 1.62. The number of hydrogen-bond acceptors (Lipinski definition) is 3. The molecule has 2 heterocycles. The summed E-state index contributed by atoms with van der Waals surface area (Å²) in [5.41, 5.74) is 1.49. The fourth-order valence-corrected chi connectivity index (χ4v) is 1.87. The minimum Gasteiger partial charge on any atom is -0.304 e. The van der Waals surface area contributed by atoms with Crippen molar-refractivity contribution in [1.82, 2.24) is 19.7 Å². The topological polar surface area (TPSA) is 63.6 Å². The third kappa shape index (κ3) is 2.41. The molecule has 0 aliphatic heterocycles. The largest absolute Gasteiger partial charge is 0.304 e. The van der Waals surface area contributed by atoms with Crippen molar-refractivity contribution in [2.45, 2.75) is 26.8 Å². The predicted octanol–water partition coefficient (Wildman–Crippen LogP) is 1.96. The van der Waals surface area contributed by atoms with E-state index < -0.39 is 0 Å². The van der Waals surface area contributed by atoms with Gasteiger partial charge < -0.3 is 4.98 Å². The SMILES string of the molecule is CCCn1nccc1-c1nc(C)c(I)c(=O)[nH]1. The van der Waals surface area contributed by atoms with Gasteiger partial charge in [0, 0.05) is 12.7 Å². The molecule has 0 saturated heterocycles. The average Bonchev–Trinajstić information content (AvgIpc) is 2.74. The number of H-pyrrole nitrogens is 1. The Bertz CT molecular complexity index is 587. The van der Waals surface area contributed by atoms with Crippen molar-refractivity contribution in [3.63, 3.8) is 0 Å². The lowest BCUT2D eigenvalue weighted by Crippen LogP contribution is -2.16. The van der Waals surface area contributed by atoms with Gasteiger partial charge in [-0.1, -0.05) is 6.92 Å². The van der Waals surface area contributed by atoms with E-state index in [1.807, 2.05) is 40.3 Å². The second kappa shape index (κ2) is 4.99. The summed E-state index contributed by atoms with van der Waals surface area (Å²) >= 11 is 2.00. The molecule has 5 nitrogen and oxygen atoms in total. The van der Waals surface area contributed by atoms with Crippen LogP contribution in [0.3, 0.4) is 0 Å². The van der Waals surface area contributed by atoms with Crippen molar-refractivity contribution in [3.05, 3.63) is 31.9 Å². The van der Waals surface area contributed by atoms with Crippen molar-refractivity contribution in [2.75, 3.05) is 0 Å². The number of halogens is 1. The predicted molar refractivity (Wildman–Crippen MR) is 73.8 cm³/mol. The molecule has 2 aromatic rings. The third-order valence-corrected chi connectivity index (χ3v) is 3.69. The second-order valence-corrected chi connectivity index (χ2v) is 4.83. The third-order valence-electron chi connectivity index (χ3n) is 2.42. The van der Waals surface area contributed by atoms with Gasteiger partial charge >= 0.3 is 0 Å². The molecule has 2 aromatic heterocycles. The Morgan fingerprint density at radius 1 is 1.53 bits per heavy atom. The van der Waals surface area contributed by atoms with Crippen LogP contribution in [0.2, 0.25) is 0 Å². The molecule has 0 saturated carbocycles. The monoisotopic (exact) mass is 344 g/mol. The zero-order valence-electron chi connectivity index (χ0n) is 9.70. The van der Waals surface area contributed by atoms with E-state index in [9.17, 15) is 4.79 Å². The Balaban J connectivity index is 2.53. The summed E-state index contributed by atoms with van der Waals surface area (Å²) in [7, 11) is 0. The molecule has 0 unspecified atom stereocenters. The molecule has 0 radical (unpaired) electrons. The van der Waals surface area contributed by atoms with Gasteiger partial charge in [0.25, 0.3) is 5.56 Å². The lowest BCUT2D eigenvalue weighted by molar-refractivity contribution is 0.606. The highest BCUT2D eigenvalue weighted by atomic mass is 127. The summed E-state index contributed by atoms with van der Waals surface area (Å²) in [6.45, 7) is 4.74. The summed E-state index contributed by atoms with van der Waals surface area (Å²) in [4.78, 5) is 18.9. The first kappa shape index (κ1) is 12.3. The summed E-state index contributed by atoms with van der Waals surface area (Å²) in [6.07, 6.45) is 2.71. The Morgan fingerprint density at radius 3 is 2.94 bits per heavy atom. The zero-order chi connectivity index (χ0) is 12.4. The van der Waals surface area contributed by atoms with Crippen LogP contribution in [0, 0.1) is 10.5 Å². The van der Waals surface area contributed by atoms with E-state index in [1.54, 1.807) is 6.20 Å². The first-order valence-electron chi connectivity index (χ1n) is 5.42. The van der Waals surface area contributed by atoms with Gasteiger partial charge in [-0.3, -0.25) is 9.48 Å². The molecule has 6 heteroatoms. The van der Waals surface area contributed by atoms with Gasteiger partial charge in [-0.2, -0.15) is 5.10 Å². The minimum atomic E-state index is -0.0997. The van der Waals surface area contributed by atoms with E-state index in [2.05, 4.69) is 22.0 Å². The van der Waals surface area contributed by atoms with Crippen molar-refractivity contribution in [3.8, 4) is 11.5 Å². The van der Waals surface area contributed by atoms with Gasteiger partial charge in [-0.05, 0) is 42.0 Å². The quantitative estimate of drug-likeness (QED) is 0.866. The Morgan fingerprint density at radius 2 is 2.29 bits per heavy atom. The Labute approximate surface area is 112 Å². The van der Waals surface area contributed by atoms with Crippen LogP contribution in [0.15, 0.2) is 17.1 Å². The fraction of sp³-hybridized carbons (Fsp3) is 0.364. The van der Waals surface area contributed by atoms with Crippen LogP contribution in [-0.2, 0) is 6.54 Å². The lowest BCUT2D eigenvalue weighted by Gasteiger charge is -2.06. The smallest absolute Gasteiger partial charge is 0.264 e. The maximum absolute atomic E-state index is 11.7. The van der Waals surface area contributed by atoms with E-state index in [-0.39, 0.29) is 5.56 Å². The van der Waals surface area contributed by atoms with Crippen LogP contribution in [-0.4, -0.2) is 19.7 Å². The number of hydrogen-bond donors (Lipinski definition) is 1. The average molecular weight is 344 g/mol. The zero-order valence-corrected chi connectivity index (χ0v) is 11.9. The molecular weight excluding hydrogens is 331 g/mol. The second-order valence-electron chi connectivity index (χ2n) is 3.75. The Kier molecular flexibility index (Phi) is 3.60. The number of nitrogens with one attached hydrogen (secondary N) is 1. The highest BCUT2D eigenvalue weighted by Gasteiger charge is 2.10. The van der Waals surface area contributed by atoms with Crippen molar-refractivity contribution in [2.24, 2.45) is 0 Å². The van der Waals surface area contributed by atoms with Crippen molar-refractivity contribution >= 4 is 22.6 Å². The van der Waals surface area contributed by atoms with Crippen molar-refractivity contribution in [1.29, 1.82) is 0 Å². The number of rotatable bonds is 3. The number of aryl methyl sites for hydroxylation is 2. The molecule has 0 fully saturated rings. The van der Waals surface area contributed by atoms with E-state index in [0.717, 1.165) is 24.4 Å². The number of aromatic amines is 1. The van der Waals surface area contributed by atoms with Crippen LogP contribution in [0.5, 0.6) is 0 Å². The Hall–Kier alpha value is -1.18. The first-order chi connectivity index (χ1) is 8.13. The standard InChI is InChI=1S/C11H13IN4O/c1-3-6-16-8(4-5-13-16)10-14-7(2)9(12)11(17)15-10/h4-5H,3,6H2,1-2H3,(H,14,15,17). The van der Waals surface area contributed by atoms with Crippen LogP contribution in [0.4, 0.5) is 0 Å². The normalized spacial score (nSPS) is 10.8. The molecule has 2 rings (SSSR count). The molecule has 0 bridgehead atoms. The molecular formula is C11H13IN4O. The maximum atomic E-state index is 11.7. The highest BCUT2D eigenvalue weighted by Crippen LogP contribution is 2.15. The lowest BCUT2D eigenvalue weighted by atomic mass is 10.3. The van der Waals surface area contributed by atoms with Gasteiger partial charge in [0.2, 0.25) is 0 Å². The molecule has 17 heavy (non-hydrogen) atoms. The molecule has 90 valence electrons. The molecule has 0 amide bonds. The number of aromatic nitrogens is 4. The van der Waals surface area contributed by atoms with Gasteiger partial charge in [0.15, 0.2) is 5.82 Å². The summed E-state index contributed by atoms with van der Waals surface area (Å²) in [6, 6.07) is 1.86. The summed E-state index contributed by atoms with van der Waals surface area (Å²) in [5, 5.41) is 4.22. The number of nitrogens with zero attached hydrogens (tertiary/aromatic N) is 3. The van der Waals surface area contributed by atoms with E-state index >= 15 is 0 Å². The van der Waals surface area contributed by atoms with Crippen molar-refractivity contribution < 1.29 is 0 Å². The molecule has 0 spiro atoms. The van der Waals surface area contributed by atoms with Gasteiger partial charge in [0.1, 0.15) is 5.69 Å². The minimum absolute atomic E-state index is 0.0997. The van der Waals surface area contributed by atoms with E-state index in [4.69, 9.17) is 0 Å². The summed E-state index contributed by atoms with van der Waals surface area (Å²) in [5.74, 6) is 0.582. The van der Waals surface area contributed by atoms with E-state index in [0.29, 0.717) is 9.39 Å². The highest BCUT2D eigenvalue weighted by molar-refractivity contribution is 14.1. The van der Waals surface area contributed by atoms with Gasteiger partial charge in [-0.25, -0.2) is 4.98 Å². The molecule has 0 aromatic carbocycles. The first-order valence-corrected chi connectivity index (χ1v) is 6.50. The molecule has 0 aliphatic rings. The van der Waals surface area contributed by atoms with E-state index in [1.165, 1.54) is 0 Å². The maximum Gasteiger partial charge on any atom is 0.264 e. The summed E-state index contributed by atoms with van der Waals surface area (Å²) < 4.78 is 2.48. The van der Waals surface area contributed by atoms with Gasteiger partial charge in [0.05, 0.1) is 9.26 Å². The van der Waals surface area contributed by atoms with Crippen LogP contribution < -0.4 is 5.56 Å². The van der Waals surface area contributed by atoms with Crippen LogP contribution >= 0.6 is 22.6 Å². The molecule has 0 aliphatic carbocycles. The van der Waals surface area contributed by atoms with Crippen LogP contribution in [0.1, 0.15) is 19.0 Å². The van der Waals surface area contributed by atoms with Crippen LogP contribution in [0.25, 0.3) is 11.5 Å². The molecule has 0 atom stereocenters.